The average Bonchev–Trinajstić information content (AvgIpc) is 3.12. The fraction of sp³-hybridized carbons (Fsp3) is 0.333. The van der Waals surface area contributed by atoms with Crippen LogP contribution in [0.5, 0.6) is 0 Å². The van der Waals surface area contributed by atoms with Crippen molar-refractivity contribution >= 4 is 33.3 Å². The van der Waals surface area contributed by atoms with Crippen molar-refractivity contribution in [3.63, 3.8) is 0 Å². The molecule has 0 bridgehead atoms. The zero-order valence-corrected chi connectivity index (χ0v) is 14.9. The average molecular weight is 353 g/mol. The Bertz CT molecular complexity index is 887. The first kappa shape index (κ1) is 16.0. The van der Waals surface area contributed by atoms with Crippen molar-refractivity contribution in [1.29, 1.82) is 0 Å². The molecule has 0 unspecified atom stereocenters. The molecule has 0 aromatic carbocycles. The number of carbonyl (C=O) groups is 1. The number of thiophene rings is 1. The molecule has 1 saturated heterocycles. The van der Waals surface area contributed by atoms with Crippen molar-refractivity contribution in [1.82, 2.24) is 19.9 Å². The number of pyridine rings is 1. The van der Waals surface area contributed by atoms with Crippen molar-refractivity contribution in [2.75, 3.05) is 31.1 Å². The molecule has 3 aromatic heterocycles. The van der Waals surface area contributed by atoms with Gasteiger partial charge in [0.25, 0.3) is 5.91 Å². The number of rotatable bonds is 3. The van der Waals surface area contributed by atoms with Crippen molar-refractivity contribution < 1.29 is 4.79 Å². The second kappa shape index (κ2) is 6.76. The predicted molar refractivity (Wildman–Crippen MR) is 99.1 cm³/mol. The van der Waals surface area contributed by atoms with Gasteiger partial charge in [-0.05, 0) is 24.6 Å². The minimum Gasteiger partial charge on any atom is -0.352 e. The monoisotopic (exact) mass is 353 g/mol. The Morgan fingerprint density at radius 1 is 1.16 bits per heavy atom. The Hall–Kier alpha value is -2.54. The number of aryl methyl sites for hydroxylation is 1. The first-order valence-electron chi connectivity index (χ1n) is 8.44. The number of amides is 1. The standard InChI is InChI=1S/C18H19N5OS/c1-2-14-11-15-16(20-12-21-17(15)25-14)22-7-9-23(10-8-22)18(24)13-3-5-19-6-4-13/h3-6,11-12H,2,7-10H2,1H3. The number of carbonyl (C=O) groups excluding carboxylic acids is 1. The van der Waals surface area contributed by atoms with Crippen molar-refractivity contribution in [2.45, 2.75) is 13.3 Å². The van der Waals surface area contributed by atoms with Crippen LogP contribution in [0, 0.1) is 0 Å². The highest BCUT2D eigenvalue weighted by Crippen LogP contribution is 2.31. The largest absolute Gasteiger partial charge is 0.352 e. The Kier molecular flexibility index (Phi) is 4.31. The topological polar surface area (TPSA) is 62.2 Å². The van der Waals surface area contributed by atoms with Gasteiger partial charge in [-0.2, -0.15) is 0 Å². The Labute approximate surface area is 150 Å². The number of anilines is 1. The van der Waals surface area contributed by atoms with Crippen LogP contribution in [0.15, 0.2) is 36.9 Å². The predicted octanol–water partition coefficient (Wildman–Crippen LogP) is 2.61. The second-order valence-corrected chi connectivity index (χ2v) is 7.11. The van der Waals surface area contributed by atoms with Gasteiger partial charge in [0.2, 0.25) is 0 Å². The molecule has 0 aliphatic carbocycles. The lowest BCUT2D eigenvalue weighted by molar-refractivity contribution is 0.0746. The highest BCUT2D eigenvalue weighted by molar-refractivity contribution is 7.18. The normalized spacial score (nSPS) is 14.9. The second-order valence-electron chi connectivity index (χ2n) is 6.00. The number of hydrogen-bond acceptors (Lipinski definition) is 6. The van der Waals surface area contributed by atoms with Crippen LogP contribution in [0.2, 0.25) is 0 Å². The fourth-order valence-electron chi connectivity index (χ4n) is 3.12. The minimum atomic E-state index is 0.0682. The van der Waals surface area contributed by atoms with E-state index in [1.807, 2.05) is 4.90 Å². The third kappa shape index (κ3) is 3.07. The van der Waals surface area contributed by atoms with Gasteiger partial charge in [-0.3, -0.25) is 9.78 Å². The first-order valence-corrected chi connectivity index (χ1v) is 9.25. The number of fused-ring (bicyclic) bond motifs is 1. The van der Waals surface area contributed by atoms with Gasteiger partial charge in [0.15, 0.2) is 0 Å². The molecule has 1 amide bonds. The summed E-state index contributed by atoms with van der Waals surface area (Å²) in [5.41, 5.74) is 0.693. The smallest absolute Gasteiger partial charge is 0.254 e. The van der Waals surface area contributed by atoms with Gasteiger partial charge >= 0.3 is 0 Å². The highest BCUT2D eigenvalue weighted by Gasteiger charge is 2.24. The minimum absolute atomic E-state index is 0.0682. The van der Waals surface area contributed by atoms with Gasteiger partial charge in [-0.25, -0.2) is 9.97 Å². The van der Waals surface area contributed by atoms with Crippen LogP contribution in [0.1, 0.15) is 22.2 Å². The van der Waals surface area contributed by atoms with Crippen LogP contribution in [0.3, 0.4) is 0 Å². The van der Waals surface area contributed by atoms with Crippen molar-refractivity contribution in [3.8, 4) is 0 Å². The van der Waals surface area contributed by atoms with E-state index in [2.05, 4.69) is 32.8 Å². The lowest BCUT2D eigenvalue weighted by atomic mass is 10.2. The maximum absolute atomic E-state index is 12.6. The number of aromatic nitrogens is 3. The molecular weight excluding hydrogens is 334 g/mol. The summed E-state index contributed by atoms with van der Waals surface area (Å²) in [7, 11) is 0. The molecule has 25 heavy (non-hydrogen) atoms. The van der Waals surface area contributed by atoms with Gasteiger partial charge < -0.3 is 9.80 Å². The third-order valence-corrected chi connectivity index (χ3v) is 5.69. The van der Waals surface area contributed by atoms with Gasteiger partial charge in [-0.15, -0.1) is 11.3 Å². The molecule has 0 saturated carbocycles. The molecule has 7 heteroatoms. The van der Waals surface area contributed by atoms with Gasteiger partial charge in [0.1, 0.15) is 17.0 Å². The van der Waals surface area contributed by atoms with E-state index in [0.717, 1.165) is 35.5 Å². The van der Waals surface area contributed by atoms with Crippen LogP contribution >= 0.6 is 11.3 Å². The molecule has 4 rings (SSSR count). The van der Waals surface area contributed by atoms with E-state index in [1.54, 1.807) is 42.2 Å². The third-order valence-electron chi connectivity index (χ3n) is 4.50. The summed E-state index contributed by atoms with van der Waals surface area (Å²) in [5, 5.41) is 1.12. The molecule has 0 radical (unpaired) electrons. The summed E-state index contributed by atoms with van der Waals surface area (Å²) < 4.78 is 0. The van der Waals surface area contributed by atoms with Gasteiger partial charge in [-0.1, -0.05) is 6.92 Å². The zero-order valence-electron chi connectivity index (χ0n) is 14.1. The van der Waals surface area contributed by atoms with Crippen LogP contribution in [0.25, 0.3) is 10.2 Å². The van der Waals surface area contributed by atoms with E-state index in [1.165, 1.54) is 4.88 Å². The molecule has 1 aliphatic rings. The quantitative estimate of drug-likeness (QED) is 0.724. The van der Waals surface area contributed by atoms with Gasteiger partial charge in [0.05, 0.1) is 5.39 Å². The Morgan fingerprint density at radius 3 is 2.64 bits per heavy atom. The van der Waals surface area contributed by atoms with Gasteiger partial charge in [0, 0.05) is 49.0 Å². The van der Waals surface area contributed by atoms with Crippen LogP contribution in [0.4, 0.5) is 5.82 Å². The maximum atomic E-state index is 12.6. The number of piperazine rings is 1. The molecule has 0 atom stereocenters. The molecule has 1 aliphatic heterocycles. The van der Waals surface area contributed by atoms with E-state index in [-0.39, 0.29) is 5.91 Å². The number of hydrogen-bond donors (Lipinski definition) is 0. The molecule has 0 N–H and O–H groups in total. The SMILES string of the molecule is CCc1cc2c(N3CCN(C(=O)c4ccncc4)CC3)ncnc2s1. The number of nitrogens with zero attached hydrogens (tertiary/aromatic N) is 5. The fourth-order valence-corrected chi connectivity index (χ4v) is 4.05. The lowest BCUT2D eigenvalue weighted by Crippen LogP contribution is -2.49. The highest BCUT2D eigenvalue weighted by atomic mass is 32.1. The summed E-state index contributed by atoms with van der Waals surface area (Å²) in [6.45, 7) is 5.09. The van der Waals surface area contributed by atoms with E-state index in [4.69, 9.17) is 0 Å². The Morgan fingerprint density at radius 2 is 1.92 bits per heavy atom. The summed E-state index contributed by atoms with van der Waals surface area (Å²) >= 11 is 1.73. The summed E-state index contributed by atoms with van der Waals surface area (Å²) in [5.74, 6) is 1.05. The molecule has 4 heterocycles. The summed E-state index contributed by atoms with van der Waals surface area (Å²) in [6.07, 6.45) is 5.96. The molecule has 6 nitrogen and oxygen atoms in total. The molecule has 128 valence electrons. The molecule has 0 spiro atoms. The van der Waals surface area contributed by atoms with Crippen molar-refractivity contribution in [3.05, 3.63) is 47.4 Å². The maximum Gasteiger partial charge on any atom is 0.254 e. The zero-order chi connectivity index (χ0) is 17.2. The van der Waals surface area contributed by atoms with E-state index in [0.29, 0.717) is 18.7 Å². The van der Waals surface area contributed by atoms with Crippen molar-refractivity contribution in [2.24, 2.45) is 0 Å². The van der Waals surface area contributed by atoms with Crippen LogP contribution in [-0.4, -0.2) is 51.9 Å². The van der Waals surface area contributed by atoms with E-state index < -0.39 is 0 Å². The molecule has 1 fully saturated rings. The Balaban J connectivity index is 1.51. The van der Waals surface area contributed by atoms with Crippen LogP contribution in [-0.2, 0) is 6.42 Å². The van der Waals surface area contributed by atoms with Crippen LogP contribution < -0.4 is 4.90 Å². The summed E-state index contributed by atoms with van der Waals surface area (Å²) in [6, 6.07) is 5.73. The first-order chi connectivity index (χ1) is 12.3. The van der Waals surface area contributed by atoms with E-state index in [9.17, 15) is 4.79 Å². The lowest BCUT2D eigenvalue weighted by Gasteiger charge is -2.35. The molecule has 3 aromatic rings. The summed E-state index contributed by atoms with van der Waals surface area (Å²) in [4.78, 5) is 32.0. The molecular formula is C18H19N5OS. The van der Waals surface area contributed by atoms with E-state index >= 15 is 0 Å².